The standard InChI is InChI=1S/C8H5ClN3O.H3P.U.Y/c9-7-5(8(10)13)6-4(3-12-7)1-2-11-6;;;/h1-2,11H,(H2,10,13);1H3;;/q-1;;;. The first-order chi connectivity index (χ1) is 6.20. The molecule has 0 fully saturated rings. The Labute approximate surface area is 150 Å². The zero-order valence-corrected chi connectivity index (χ0v) is 17.4. The van der Waals surface area contributed by atoms with Crippen LogP contribution in [0.5, 0.6) is 0 Å². The van der Waals surface area contributed by atoms with Crippen LogP contribution < -0.4 is 5.73 Å². The molecule has 0 spiro atoms. The van der Waals surface area contributed by atoms with Crippen LogP contribution in [-0.4, -0.2) is 15.9 Å². The Kier molecular flexibility index (Phi) is 9.92. The first-order valence-corrected chi connectivity index (χ1v) is 3.92. The number of nitrogens with zero attached hydrogens (tertiary/aromatic N) is 1. The molecule has 1 radical (unpaired) electrons. The molecule has 1 amide bonds. The Morgan fingerprint density at radius 2 is 2.19 bits per heavy atom. The zero-order chi connectivity index (χ0) is 9.42. The van der Waals surface area contributed by atoms with Crippen molar-refractivity contribution in [2.24, 2.45) is 5.73 Å². The van der Waals surface area contributed by atoms with Gasteiger partial charge < -0.3 is 15.7 Å². The molecule has 4 nitrogen and oxygen atoms in total. The number of primary amides is 1. The minimum absolute atomic E-state index is 0. The molecule has 16 heavy (non-hydrogen) atoms. The maximum absolute atomic E-state index is 11.0. The van der Waals surface area contributed by atoms with Crippen molar-refractivity contribution in [3.63, 3.8) is 0 Å². The molecule has 0 aliphatic heterocycles. The number of rotatable bonds is 1. The summed E-state index contributed by atoms with van der Waals surface area (Å²) in [7, 11) is 0. The Balaban J connectivity index is 0. The molecule has 1 unspecified atom stereocenters. The monoisotopic (exact) mass is 555 g/mol. The normalized spacial score (nSPS) is 8.56. The van der Waals surface area contributed by atoms with E-state index in [4.69, 9.17) is 17.3 Å². The molecule has 0 aromatic carbocycles. The molecule has 0 bridgehead atoms. The van der Waals surface area contributed by atoms with E-state index in [2.05, 4.69) is 16.2 Å². The van der Waals surface area contributed by atoms with Gasteiger partial charge in [-0.25, -0.2) is 0 Å². The number of pyridine rings is 1. The van der Waals surface area contributed by atoms with Crippen molar-refractivity contribution >= 4 is 38.3 Å². The number of aromatic nitrogens is 2. The molecule has 2 rings (SSSR count). The van der Waals surface area contributed by atoms with E-state index in [9.17, 15) is 4.79 Å². The molecule has 2 aromatic rings. The quantitative estimate of drug-likeness (QED) is 0.315. The van der Waals surface area contributed by atoms with Crippen LogP contribution in [0.1, 0.15) is 10.4 Å². The van der Waals surface area contributed by atoms with Gasteiger partial charge in [-0.15, -0.1) is 23.1 Å². The number of hydrogen-bond donors (Lipinski definition) is 2. The van der Waals surface area contributed by atoms with Crippen LogP contribution in [0, 0.1) is 37.3 Å². The molecule has 0 saturated carbocycles. The number of hydrogen-bond acceptors (Lipinski definition) is 2. The van der Waals surface area contributed by atoms with Gasteiger partial charge in [0.25, 0.3) is 0 Å². The van der Waals surface area contributed by atoms with Gasteiger partial charge in [0.05, 0.1) is 5.15 Å². The van der Waals surface area contributed by atoms with Gasteiger partial charge in [0.15, 0.2) is 0 Å². The summed E-state index contributed by atoms with van der Waals surface area (Å²) >= 11 is 5.69. The van der Waals surface area contributed by atoms with Crippen LogP contribution in [0.2, 0.25) is 5.15 Å². The van der Waals surface area contributed by atoms with Crippen LogP contribution in [-0.2, 0) is 32.7 Å². The fourth-order valence-electron chi connectivity index (χ4n) is 1.16. The minimum atomic E-state index is -0.598. The fourth-order valence-corrected chi connectivity index (χ4v) is 1.39. The summed E-state index contributed by atoms with van der Waals surface area (Å²) in [5.41, 5.74) is 5.93. The predicted molar refractivity (Wildman–Crippen MR) is 59.6 cm³/mol. The molecule has 2 heterocycles. The second-order valence-electron chi connectivity index (χ2n) is 2.52. The van der Waals surface area contributed by atoms with E-state index in [0.29, 0.717) is 10.9 Å². The maximum Gasteiger partial charge on any atom is 0.235 e. The summed E-state index contributed by atoms with van der Waals surface area (Å²) in [5, 5.41) is 0.764. The second-order valence-corrected chi connectivity index (χ2v) is 2.88. The number of aromatic amines is 1. The Morgan fingerprint density at radius 1 is 1.56 bits per heavy atom. The average molecular weight is 556 g/mol. The molecular weight excluding hydrogens is 547 g/mol. The van der Waals surface area contributed by atoms with E-state index in [1.54, 1.807) is 12.3 Å². The summed E-state index contributed by atoms with van der Waals surface area (Å²) in [6.07, 6.45) is 4.35. The first-order valence-electron chi connectivity index (χ1n) is 3.54. The largest absolute Gasteiger partial charge is 0.408 e. The molecule has 2 aromatic heterocycles. The molecule has 1 atom stereocenters. The van der Waals surface area contributed by atoms with Crippen molar-refractivity contribution in [2.45, 2.75) is 0 Å². The van der Waals surface area contributed by atoms with Crippen LogP contribution >= 0.6 is 21.5 Å². The predicted octanol–water partition coefficient (Wildman–Crippen LogP) is 1.17. The van der Waals surface area contributed by atoms with E-state index >= 15 is 0 Å². The summed E-state index contributed by atoms with van der Waals surface area (Å²) in [4.78, 5) is 17.6. The number of nitrogens with two attached hydrogens (primary N) is 1. The minimum Gasteiger partial charge on any atom is -0.408 e. The molecule has 3 N–H and O–H groups in total. The van der Waals surface area contributed by atoms with Crippen LogP contribution in [0.25, 0.3) is 10.9 Å². The smallest absolute Gasteiger partial charge is 0.235 e. The van der Waals surface area contributed by atoms with Crippen molar-refractivity contribution < 1.29 is 68.6 Å². The van der Waals surface area contributed by atoms with Gasteiger partial charge in [-0.3, -0.25) is 4.79 Å². The van der Waals surface area contributed by atoms with Crippen LogP contribution in [0.3, 0.4) is 0 Å². The van der Waals surface area contributed by atoms with Crippen molar-refractivity contribution in [3.05, 3.63) is 29.2 Å². The van der Waals surface area contributed by atoms with E-state index in [1.165, 1.54) is 0 Å². The van der Waals surface area contributed by atoms with Crippen LogP contribution in [0.4, 0.5) is 0 Å². The third kappa shape index (κ3) is 3.77. The Bertz CT molecular complexity index is 493. The van der Waals surface area contributed by atoms with Crippen molar-refractivity contribution in [3.8, 4) is 0 Å². The third-order valence-electron chi connectivity index (χ3n) is 1.72. The zero-order valence-electron chi connectivity index (χ0n) is 8.25. The van der Waals surface area contributed by atoms with Crippen LogP contribution in [0.15, 0.2) is 12.3 Å². The van der Waals surface area contributed by atoms with Crippen molar-refractivity contribution in [1.29, 1.82) is 0 Å². The topological polar surface area (TPSA) is 71.8 Å². The molecule has 0 aliphatic rings. The molecular formula is C8H8ClN3OPUY-. The number of carbonyl (C=O) groups is 1. The summed E-state index contributed by atoms with van der Waals surface area (Å²) in [6.45, 7) is 0. The molecule has 81 valence electrons. The van der Waals surface area contributed by atoms with E-state index < -0.39 is 5.91 Å². The van der Waals surface area contributed by atoms with Gasteiger partial charge in [-0.2, -0.15) is 9.90 Å². The van der Waals surface area contributed by atoms with E-state index in [1.807, 2.05) is 0 Å². The number of carbonyl (C=O) groups excluding carboxylic acids is 1. The summed E-state index contributed by atoms with van der Waals surface area (Å²) in [5.74, 6) is -0.598. The second kappa shape index (κ2) is 8.19. The van der Waals surface area contributed by atoms with Gasteiger partial charge in [0.2, 0.25) is 5.91 Å². The fraction of sp³-hybridized carbons (Fsp3) is 0. The number of nitrogens with one attached hydrogen (secondary N) is 1. The molecule has 0 saturated heterocycles. The van der Waals surface area contributed by atoms with Gasteiger partial charge in [0.1, 0.15) is 0 Å². The Morgan fingerprint density at radius 3 is 2.75 bits per heavy atom. The van der Waals surface area contributed by atoms with Gasteiger partial charge in [-0.05, 0) is 17.9 Å². The summed E-state index contributed by atoms with van der Waals surface area (Å²) < 4.78 is 0. The maximum atomic E-state index is 11.0. The third-order valence-corrected chi connectivity index (χ3v) is 2.00. The Hall–Kier alpha value is 1.04. The number of amides is 1. The van der Waals surface area contributed by atoms with E-state index in [0.717, 1.165) is 0 Å². The summed E-state index contributed by atoms with van der Waals surface area (Å²) in [6, 6.07) is 1.74. The number of H-pyrrole nitrogens is 1. The molecule has 8 heteroatoms. The van der Waals surface area contributed by atoms with Crippen molar-refractivity contribution in [1.82, 2.24) is 9.97 Å². The number of halogens is 1. The number of fused-ring (bicyclic) bond motifs is 1. The van der Waals surface area contributed by atoms with Crippen molar-refractivity contribution in [2.75, 3.05) is 0 Å². The SMILES string of the molecule is NC(=O)c1c(Cl)n[c-]c2cc[nH]c12.P.[U].[Y]. The molecule has 0 aliphatic carbocycles. The average Bonchev–Trinajstić information content (AvgIpc) is 2.50. The van der Waals surface area contributed by atoms with Gasteiger partial charge >= 0.3 is 0 Å². The van der Waals surface area contributed by atoms with E-state index in [-0.39, 0.29) is 84.4 Å². The first kappa shape index (κ1) is 19.4. The van der Waals surface area contributed by atoms with Gasteiger partial charge in [0, 0.05) is 69.4 Å². The van der Waals surface area contributed by atoms with Gasteiger partial charge in [-0.1, -0.05) is 0 Å².